The second-order valence-electron chi connectivity index (χ2n) is 8.79. The number of carbonyl (C=O) groups excluding carboxylic acids is 1. The van der Waals surface area contributed by atoms with Crippen molar-refractivity contribution in [2.24, 2.45) is 0 Å². The van der Waals surface area contributed by atoms with Gasteiger partial charge in [-0.2, -0.15) is 0 Å². The van der Waals surface area contributed by atoms with Gasteiger partial charge in [-0.3, -0.25) is 9.80 Å². The number of rotatable bonds is 16. The highest BCUT2D eigenvalue weighted by atomic mass is 16.2. The summed E-state index contributed by atoms with van der Waals surface area (Å²) in [7, 11) is 0. The van der Waals surface area contributed by atoms with E-state index in [4.69, 9.17) is 0 Å². The Morgan fingerprint density at radius 2 is 0.875 bits per heavy atom. The van der Waals surface area contributed by atoms with Crippen LogP contribution in [-0.2, 0) is 0 Å². The molecule has 0 unspecified atom stereocenters. The second-order valence-corrected chi connectivity index (χ2v) is 8.79. The topological polar surface area (TPSA) is 23.6 Å². The molecule has 3 heteroatoms. The van der Waals surface area contributed by atoms with Crippen molar-refractivity contribution in [3.63, 3.8) is 0 Å². The molecular weight excluding hydrogens is 392 g/mol. The lowest BCUT2D eigenvalue weighted by molar-refractivity contribution is 0.251. The van der Waals surface area contributed by atoms with Crippen LogP contribution in [0.5, 0.6) is 0 Å². The van der Waals surface area contributed by atoms with E-state index in [1.807, 2.05) is 46.2 Å². The fourth-order valence-electron chi connectivity index (χ4n) is 4.13. The molecule has 0 bridgehead atoms. The Morgan fingerprint density at radius 3 is 1.25 bits per heavy atom. The maximum atomic E-state index is 13.8. The third-order valence-electron chi connectivity index (χ3n) is 6.07. The number of amides is 2. The summed E-state index contributed by atoms with van der Waals surface area (Å²) in [5.74, 6) is 0. The molecule has 0 aliphatic rings. The molecule has 0 spiro atoms. The van der Waals surface area contributed by atoms with Crippen LogP contribution in [0, 0.1) is 0 Å². The van der Waals surface area contributed by atoms with E-state index in [1.165, 1.54) is 64.2 Å². The molecule has 2 aromatic carbocycles. The highest BCUT2D eigenvalue weighted by Gasteiger charge is 2.23. The van der Waals surface area contributed by atoms with E-state index < -0.39 is 0 Å². The van der Waals surface area contributed by atoms with Gasteiger partial charge in [-0.1, -0.05) is 114 Å². The van der Waals surface area contributed by atoms with Crippen LogP contribution in [0.3, 0.4) is 0 Å². The molecule has 2 aromatic rings. The summed E-state index contributed by atoms with van der Waals surface area (Å²) in [5.41, 5.74) is 1.99. The van der Waals surface area contributed by atoms with Crippen molar-refractivity contribution in [1.82, 2.24) is 0 Å². The molecular formula is C29H44N2O. The molecule has 0 aliphatic carbocycles. The van der Waals surface area contributed by atoms with E-state index in [0.717, 1.165) is 37.3 Å². The summed E-state index contributed by atoms with van der Waals surface area (Å²) < 4.78 is 0. The average Bonchev–Trinajstić information content (AvgIpc) is 2.84. The van der Waals surface area contributed by atoms with Crippen molar-refractivity contribution in [1.29, 1.82) is 0 Å². The second kappa shape index (κ2) is 16.4. The van der Waals surface area contributed by atoms with Crippen molar-refractivity contribution in [3.8, 4) is 0 Å². The number of urea groups is 1. The zero-order valence-corrected chi connectivity index (χ0v) is 20.5. The number of hydrogen-bond acceptors (Lipinski definition) is 1. The fourth-order valence-corrected chi connectivity index (χ4v) is 4.13. The van der Waals surface area contributed by atoms with Gasteiger partial charge in [-0.05, 0) is 37.1 Å². The van der Waals surface area contributed by atoms with Crippen molar-refractivity contribution >= 4 is 17.4 Å². The van der Waals surface area contributed by atoms with Crippen molar-refractivity contribution in [3.05, 3.63) is 60.7 Å². The van der Waals surface area contributed by atoms with E-state index in [2.05, 4.69) is 38.1 Å². The molecule has 3 nitrogen and oxygen atoms in total. The Labute approximate surface area is 196 Å². The minimum absolute atomic E-state index is 0.101. The van der Waals surface area contributed by atoms with E-state index in [0.29, 0.717) is 0 Å². The van der Waals surface area contributed by atoms with Crippen LogP contribution in [0.1, 0.15) is 90.9 Å². The smallest absolute Gasteiger partial charge is 0.294 e. The lowest BCUT2D eigenvalue weighted by Crippen LogP contribution is -2.44. The highest BCUT2D eigenvalue weighted by molar-refractivity contribution is 6.03. The number of hydrogen-bond donors (Lipinski definition) is 0. The maximum absolute atomic E-state index is 13.8. The predicted octanol–water partition coefficient (Wildman–Crippen LogP) is 8.84. The van der Waals surface area contributed by atoms with Gasteiger partial charge in [0, 0.05) is 24.5 Å². The van der Waals surface area contributed by atoms with Gasteiger partial charge in [0.1, 0.15) is 0 Å². The molecule has 0 saturated heterocycles. The largest absolute Gasteiger partial charge is 0.328 e. The molecule has 2 rings (SSSR count). The lowest BCUT2D eigenvalue weighted by Gasteiger charge is -2.31. The van der Waals surface area contributed by atoms with Gasteiger partial charge in [0.05, 0.1) is 0 Å². The minimum Gasteiger partial charge on any atom is -0.294 e. The SMILES string of the molecule is CCCCCCCCN(C(=O)N(CCCCCCCC)c1ccccc1)c1ccccc1. The molecule has 0 atom stereocenters. The van der Waals surface area contributed by atoms with Crippen molar-refractivity contribution in [2.45, 2.75) is 90.9 Å². The first kappa shape index (κ1) is 26.0. The van der Waals surface area contributed by atoms with Crippen LogP contribution in [0.4, 0.5) is 16.2 Å². The molecule has 0 saturated carbocycles. The number of benzene rings is 2. The van der Waals surface area contributed by atoms with Gasteiger partial charge in [-0.15, -0.1) is 0 Å². The van der Waals surface area contributed by atoms with Crippen LogP contribution in [0.2, 0.25) is 0 Å². The first-order valence-corrected chi connectivity index (χ1v) is 13.0. The van der Waals surface area contributed by atoms with Crippen molar-refractivity contribution in [2.75, 3.05) is 22.9 Å². The van der Waals surface area contributed by atoms with Crippen molar-refractivity contribution < 1.29 is 4.79 Å². The quantitative estimate of drug-likeness (QED) is 0.241. The summed E-state index contributed by atoms with van der Waals surface area (Å²) in [6, 6.07) is 20.5. The van der Waals surface area contributed by atoms with Crippen LogP contribution < -0.4 is 9.80 Å². The lowest BCUT2D eigenvalue weighted by atomic mass is 10.1. The van der Waals surface area contributed by atoms with Gasteiger partial charge in [0.2, 0.25) is 0 Å². The van der Waals surface area contributed by atoms with Crippen LogP contribution in [0.25, 0.3) is 0 Å². The molecule has 0 aromatic heterocycles. The van der Waals surface area contributed by atoms with E-state index in [1.54, 1.807) is 0 Å². The molecule has 0 radical (unpaired) electrons. The summed E-state index contributed by atoms with van der Waals surface area (Å²) in [4.78, 5) is 17.8. The monoisotopic (exact) mass is 436 g/mol. The summed E-state index contributed by atoms with van der Waals surface area (Å²) in [5, 5.41) is 0. The van der Waals surface area contributed by atoms with Gasteiger partial charge in [0.15, 0.2) is 0 Å². The third kappa shape index (κ3) is 9.46. The number of para-hydroxylation sites is 2. The Hall–Kier alpha value is -2.29. The molecule has 0 aliphatic heterocycles. The van der Waals surface area contributed by atoms with Gasteiger partial charge in [-0.25, -0.2) is 4.79 Å². The molecule has 0 fully saturated rings. The number of unbranched alkanes of at least 4 members (excludes halogenated alkanes) is 10. The van der Waals surface area contributed by atoms with E-state index >= 15 is 0 Å². The number of anilines is 2. The minimum atomic E-state index is 0.101. The zero-order valence-electron chi connectivity index (χ0n) is 20.5. The maximum Gasteiger partial charge on any atom is 0.328 e. The number of carbonyl (C=O) groups is 1. The molecule has 0 heterocycles. The fraction of sp³-hybridized carbons (Fsp3) is 0.552. The Morgan fingerprint density at radius 1 is 0.531 bits per heavy atom. The molecule has 0 N–H and O–H groups in total. The number of nitrogens with zero attached hydrogens (tertiary/aromatic N) is 2. The standard InChI is InChI=1S/C29H44N2O/c1-3-5-7-9-11-19-25-30(27-21-15-13-16-22-27)29(32)31(28-23-17-14-18-24-28)26-20-12-10-8-6-4-2/h13-18,21-24H,3-12,19-20,25-26H2,1-2H3. The van der Waals surface area contributed by atoms with Crippen LogP contribution >= 0.6 is 0 Å². The third-order valence-corrected chi connectivity index (χ3v) is 6.07. The van der Waals surface area contributed by atoms with Crippen LogP contribution in [-0.4, -0.2) is 19.1 Å². The van der Waals surface area contributed by atoms with Gasteiger partial charge < -0.3 is 0 Å². The first-order chi connectivity index (χ1) is 15.8. The summed E-state index contributed by atoms with van der Waals surface area (Å²) in [6.45, 7) is 6.04. The zero-order chi connectivity index (χ0) is 22.9. The molecule has 2 amide bonds. The van der Waals surface area contributed by atoms with Crippen LogP contribution in [0.15, 0.2) is 60.7 Å². The van der Waals surface area contributed by atoms with Gasteiger partial charge in [0.25, 0.3) is 0 Å². The molecule has 176 valence electrons. The van der Waals surface area contributed by atoms with E-state index in [9.17, 15) is 4.79 Å². The predicted molar refractivity (Wildman–Crippen MR) is 140 cm³/mol. The first-order valence-electron chi connectivity index (χ1n) is 13.0. The normalized spacial score (nSPS) is 10.8. The summed E-state index contributed by atoms with van der Waals surface area (Å²) >= 11 is 0. The Kier molecular flexibility index (Phi) is 13.3. The summed E-state index contributed by atoms with van der Waals surface area (Å²) in [6.07, 6.45) is 14.7. The Balaban J connectivity index is 2.07. The molecule has 32 heavy (non-hydrogen) atoms. The highest BCUT2D eigenvalue weighted by Crippen LogP contribution is 2.22. The Bertz CT molecular complexity index is 655. The van der Waals surface area contributed by atoms with Gasteiger partial charge >= 0.3 is 6.03 Å². The average molecular weight is 437 g/mol. The van der Waals surface area contributed by atoms with E-state index in [-0.39, 0.29) is 6.03 Å².